The number of carboxylic acid groups (broad SMARTS) is 1. The van der Waals surface area contributed by atoms with Crippen molar-refractivity contribution in [3.05, 3.63) is 63.2 Å². The second kappa shape index (κ2) is 10.4. The van der Waals surface area contributed by atoms with Crippen LogP contribution in [0.3, 0.4) is 0 Å². The maximum atomic E-state index is 15.1. The third-order valence-electron chi connectivity index (χ3n) is 5.53. The first-order valence-corrected chi connectivity index (χ1v) is 12.1. The van der Waals surface area contributed by atoms with Crippen LogP contribution in [0.2, 0.25) is 4.34 Å². The minimum atomic E-state index is -1.24. The predicted octanol–water partition coefficient (Wildman–Crippen LogP) is 4.96. The fraction of sp³-hybridized carbons (Fsp3) is 0.217. The Balaban J connectivity index is 1.75. The van der Waals surface area contributed by atoms with E-state index in [1.54, 1.807) is 31.3 Å². The lowest BCUT2D eigenvalue weighted by molar-refractivity contribution is 0.100. The molecule has 1 aromatic carbocycles. The van der Waals surface area contributed by atoms with E-state index in [9.17, 15) is 14.7 Å². The molecule has 0 saturated heterocycles. The number of hydrogen-bond acceptors (Lipinski definition) is 7. The molecule has 0 fully saturated rings. The van der Waals surface area contributed by atoms with Crippen molar-refractivity contribution in [3.63, 3.8) is 0 Å². The van der Waals surface area contributed by atoms with Crippen molar-refractivity contribution in [1.82, 2.24) is 20.1 Å². The van der Waals surface area contributed by atoms with Gasteiger partial charge >= 0.3 is 6.09 Å². The van der Waals surface area contributed by atoms with Crippen LogP contribution in [0.25, 0.3) is 10.9 Å². The van der Waals surface area contributed by atoms with Gasteiger partial charge in [-0.3, -0.25) is 9.48 Å². The summed E-state index contributed by atoms with van der Waals surface area (Å²) in [5.74, 6) is -1.87. The average molecular weight is 532 g/mol. The molecule has 3 aromatic heterocycles. The topological polar surface area (TPSA) is 147 Å². The highest BCUT2D eigenvalue weighted by atomic mass is 35.5. The minimum absolute atomic E-state index is 0.0324. The molecule has 0 aliphatic carbocycles. The summed E-state index contributed by atoms with van der Waals surface area (Å²) in [5.41, 5.74) is 6.83. The minimum Gasteiger partial charge on any atom is -0.465 e. The van der Waals surface area contributed by atoms with Crippen LogP contribution in [0.15, 0.2) is 42.6 Å². The summed E-state index contributed by atoms with van der Waals surface area (Å²) in [6, 6.07) is 8.48. The number of benzene rings is 1. The number of amides is 2. The number of rotatable bonds is 9. The van der Waals surface area contributed by atoms with E-state index in [-0.39, 0.29) is 17.2 Å². The van der Waals surface area contributed by atoms with E-state index in [1.165, 1.54) is 11.3 Å². The van der Waals surface area contributed by atoms with Crippen molar-refractivity contribution in [2.24, 2.45) is 5.73 Å². The summed E-state index contributed by atoms with van der Waals surface area (Å²) in [4.78, 5) is 28.4. The molecule has 188 valence electrons. The molecular formula is C23H23ClFN7O3S. The van der Waals surface area contributed by atoms with Gasteiger partial charge in [-0.05, 0) is 44.2 Å². The molecule has 10 nitrogen and oxygen atoms in total. The highest BCUT2D eigenvalue weighted by molar-refractivity contribution is 7.16. The van der Waals surface area contributed by atoms with E-state index in [0.29, 0.717) is 21.4 Å². The molecule has 4 aromatic rings. The fourth-order valence-electron chi connectivity index (χ4n) is 3.83. The zero-order chi connectivity index (χ0) is 26.0. The lowest BCUT2D eigenvalue weighted by Gasteiger charge is -2.25. The van der Waals surface area contributed by atoms with Gasteiger partial charge in [-0.2, -0.15) is 5.10 Å². The van der Waals surface area contributed by atoms with Crippen LogP contribution < -0.4 is 21.7 Å². The number of carbonyl (C=O) groups is 2. The molecule has 0 saturated carbocycles. The maximum Gasteiger partial charge on any atom is 0.404 e. The second-order valence-corrected chi connectivity index (χ2v) is 9.65. The summed E-state index contributed by atoms with van der Waals surface area (Å²) in [6.07, 6.45) is 0.446. The first kappa shape index (κ1) is 25.2. The van der Waals surface area contributed by atoms with Gasteiger partial charge in [-0.1, -0.05) is 17.7 Å². The Bertz CT molecular complexity index is 1440. The number of primary amides is 1. The number of halogens is 2. The van der Waals surface area contributed by atoms with Gasteiger partial charge < -0.3 is 26.8 Å². The molecule has 36 heavy (non-hydrogen) atoms. The van der Waals surface area contributed by atoms with Crippen LogP contribution in [0, 0.1) is 5.82 Å². The first-order valence-electron chi connectivity index (χ1n) is 10.9. The number of nitrogens with one attached hydrogen (secondary N) is 3. The number of aromatic nitrogens is 3. The second-order valence-electron chi connectivity index (χ2n) is 7.90. The maximum absolute atomic E-state index is 15.1. The largest absolute Gasteiger partial charge is 0.465 e. The number of carbonyl (C=O) groups excluding carboxylic acids is 1. The van der Waals surface area contributed by atoms with Crippen molar-refractivity contribution >= 4 is 63.2 Å². The van der Waals surface area contributed by atoms with Gasteiger partial charge in [0.15, 0.2) is 11.6 Å². The van der Waals surface area contributed by atoms with Crippen LogP contribution >= 0.6 is 22.9 Å². The van der Waals surface area contributed by atoms with E-state index in [0.717, 1.165) is 17.0 Å². The molecular weight excluding hydrogens is 509 g/mol. The molecule has 0 aliphatic rings. The van der Waals surface area contributed by atoms with E-state index < -0.39 is 29.9 Å². The smallest absolute Gasteiger partial charge is 0.404 e. The highest BCUT2D eigenvalue weighted by Crippen LogP contribution is 2.33. The van der Waals surface area contributed by atoms with Crippen LogP contribution in [-0.4, -0.2) is 37.9 Å². The van der Waals surface area contributed by atoms with Crippen LogP contribution in [0.1, 0.15) is 35.1 Å². The van der Waals surface area contributed by atoms with E-state index in [4.69, 9.17) is 17.3 Å². The fourth-order valence-corrected chi connectivity index (χ4v) is 5.05. The molecule has 2 amide bonds. The predicted molar refractivity (Wildman–Crippen MR) is 138 cm³/mol. The zero-order valence-corrected chi connectivity index (χ0v) is 20.8. The lowest BCUT2D eigenvalue weighted by Crippen LogP contribution is -2.39. The molecule has 0 radical (unpaired) electrons. The molecule has 0 aliphatic heterocycles. The Morgan fingerprint density at radius 3 is 2.69 bits per heavy atom. The van der Waals surface area contributed by atoms with Gasteiger partial charge in [0.1, 0.15) is 5.82 Å². The van der Waals surface area contributed by atoms with Crippen molar-refractivity contribution in [2.75, 3.05) is 10.6 Å². The van der Waals surface area contributed by atoms with Crippen LogP contribution in [0.5, 0.6) is 0 Å². The van der Waals surface area contributed by atoms with Crippen molar-refractivity contribution in [3.8, 4) is 0 Å². The molecule has 13 heteroatoms. The van der Waals surface area contributed by atoms with Crippen molar-refractivity contribution < 1.29 is 19.1 Å². The van der Waals surface area contributed by atoms with Gasteiger partial charge in [0.05, 0.1) is 39.4 Å². The average Bonchev–Trinajstić information content (AvgIpc) is 3.44. The number of fused-ring (bicyclic) bond motifs is 1. The van der Waals surface area contributed by atoms with Crippen LogP contribution in [-0.2, 0) is 6.54 Å². The number of aryl methyl sites for hydroxylation is 1. The Hall–Kier alpha value is -3.90. The summed E-state index contributed by atoms with van der Waals surface area (Å²) >= 11 is 7.29. The molecule has 4 rings (SSSR count). The standard InChI is InChI=1S/C23H23ClFN7O3S/c1-3-32-16-6-4-5-15(13(16)10-27-32)29-21-12(20(26)33)9-14(25)22(31-21)30-19(11(2)28-23(34)35)17-7-8-18(24)36-17/h4-11,19,28H,3H2,1-2H3,(H2,26,33)(H,34,35)(H2,29,30,31)/t11-,19-/m0/s1. The Morgan fingerprint density at radius 2 is 2.06 bits per heavy atom. The number of anilines is 3. The van der Waals surface area contributed by atoms with Crippen LogP contribution in [0.4, 0.5) is 26.5 Å². The quantitative estimate of drug-likeness (QED) is 0.205. The number of thiophene rings is 1. The summed E-state index contributed by atoms with van der Waals surface area (Å²) in [5, 5.41) is 22.7. The first-order chi connectivity index (χ1) is 17.2. The third-order valence-corrected chi connectivity index (χ3v) is 6.84. The Labute approximate surface area is 214 Å². The van der Waals surface area contributed by atoms with Gasteiger partial charge in [-0.15, -0.1) is 11.3 Å². The number of nitrogens with two attached hydrogens (primary N) is 1. The highest BCUT2D eigenvalue weighted by Gasteiger charge is 2.26. The zero-order valence-electron chi connectivity index (χ0n) is 19.3. The molecule has 3 heterocycles. The SMILES string of the molecule is CCn1ncc2c(Nc3nc(N[C@H](c4ccc(Cl)s4)[C@H](C)NC(=O)O)c(F)cc3C(N)=O)cccc21. The van der Waals surface area contributed by atoms with E-state index >= 15 is 4.39 Å². The summed E-state index contributed by atoms with van der Waals surface area (Å²) in [7, 11) is 0. The lowest BCUT2D eigenvalue weighted by atomic mass is 10.1. The number of hydrogen-bond donors (Lipinski definition) is 5. The third kappa shape index (κ3) is 5.19. The monoisotopic (exact) mass is 531 g/mol. The molecule has 0 unspecified atom stereocenters. The normalized spacial score (nSPS) is 12.8. The molecule has 6 N–H and O–H groups in total. The van der Waals surface area contributed by atoms with Crippen molar-refractivity contribution in [1.29, 1.82) is 0 Å². The van der Waals surface area contributed by atoms with E-state index in [2.05, 4.69) is 26.0 Å². The molecule has 0 bridgehead atoms. The number of nitrogens with zero attached hydrogens (tertiary/aromatic N) is 3. The van der Waals surface area contributed by atoms with Gasteiger partial charge in [0.2, 0.25) is 0 Å². The molecule has 2 atom stereocenters. The van der Waals surface area contributed by atoms with E-state index in [1.807, 2.05) is 23.7 Å². The summed E-state index contributed by atoms with van der Waals surface area (Å²) in [6.45, 7) is 4.26. The Morgan fingerprint density at radius 1 is 1.28 bits per heavy atom. The summed E-state index contributed by atoms with van der Waals surface area (Å²) < 4.78 is 17.4. The van der Waals surface area contributed by atoms with Gasteiger partial charge in [-0.25, -0.2) is 14.2 Å². The van der Waals surface area contributed by atoms with Gasteiger partial charge in [0.25, 0.3) is 5.91 Å². The number of pyridine rings is 1. The molecule has 0 spiro atoms. The van der Waals surface area contributed by atoms with Gasteiger partial charge in [0, 0.05) is 16.8 Å². The van der Waals surface area contributed by atoms with Crippen molar-refractivity contribution in [2.45, 2.75) is 32.5 Å². The Kier molecular flexibility index (Phi) is 7.27.